The van der Waals surface area contributed by atoms with E-state index in [0.717, 1.165) is 13.1 Å². The van der Waals surface area contributed by atoms with E-state index in [0.29, 0.717) is 0 Å². The van der Waals surface area contributed by atoms with Gasteiger partial charge in [0.25, 0.3) is 5.91 Å². The summed E-state index contributed by atoms with van der Waals surface area (Å²) in [6, 6.07) is 0. The predicted molar refractivity (Wildman–Crippen MR) is 67.9 cm³/mol. The fraction of sp³-hybridized carbons (Fsp3) is 0.500. The Kier molecular flexibility index (Phi) is 4.01. The summed E-state index contributed by atoms with van der Waals surface area (Å²) in [5.41, 5.74) is -0.0793. The van der Waals surface area contributed by atoms with Crippen molar-refractivity contribution in [2.24, 2.45) is 0 Å². The summed E-state index contributed by atoms with van der Waals surface area (Å²) in [4.78, 5) is 19.1. The minimum Gasteiger partial charge on any atom is -0.363 e. The highest BCUT2D eigenvalue weighted by Crippen LogP contribution is 2.25. The Balaban J connectivity index is 1.91. The molecule has 6 nitrogen and oxygen atoms in total. The molecule has 0 bridgehead atoms. The Morgan fingerprint density at radius 2 is 2.11 bits per heavy atom. The molecule has 1 aromatic heterocycles. The average molecular weight is 291 g/mol. The lowest BCUT2D eigenvalue weighted by atomic mass is 10.0. The summed E-state index contributed by atoms with van der Waals surface area (Å²) >= 11 is 11.6. The van der Waals surface area contributed by atoms with E-state index in [4.69, 9.17) is 27.9 Å². The largest absolute Gasteiger partial charge is 0.363 e. The van der Waals surface area contributed by atoms with Crippen molar-refractivity contribution < 1.29 is 9.53 Å². The molecule has 2 heterocycles. The van der Waals surface area contributed by atoms with Crippen LogP contribution >= 0.6 is 23.2 Å². The normalized spacial score (nSPS) is 17.1. The summed E-state index contributed by atoms with van der Waals surface area (Å²) < 4.78 is 5.48. The van der Waals surface area contributed by atoms with Crippen molar-refractivity contribution in [1.82, 2.24) is 15.3 Å². The molecule has 1 fully saturated rings. The first-order chi connectivity index (χ1) is 8.50. The van der Waals surface area contributed by atoms with Gasteiger partial charge in [0.2, 0.25) is 0 Å². The number of hydrogen-bond donors (Lipinski definition) is 2. The van der Waals surface area contributed by atoms with Crippen molar-refractivity contribution >= 4 is 34.8 Å². The Morgan fingerprint density at radius 1 is 1.50 bits per heavy atom. The molecule has 18 heavy (non-hydrogen) atoms. The van der Waals surface area contributed by atoms with Gasteiger partial charge >= 0.3 is 0 Å². The van der Waals surface area contributed by atoms with E-state index in [2.05, 4.69) is 20.6 Å². The van der Waals surface area contributed by atoms with Gasteiger partial charge in [0, 0.05) is 13.1 Å². The van der Waals surface area contributed by atoms with E-state index in [9.17, 15) is 4.79 Å². The number of nitrogens with one attached hydrogen (secondary N) is 2. The van der Waals surface area contributed by atoms with Gasteiger partial charge in [0.15, 0.2) is 10.3 Å². The minimum absolute atomic E-state index is 0.0697. The van der Waals surface area contributed by atoms with Crippen LogP contribution in [0, 0.1) is 0 Å². The molecule has 0 aromatic carbocycles. The zero-order valence-electron chi connectivity index (χ0n) is 9.67. The second kappa shape index (κ2) is 5.36. The molecule has 0 saturated carbocycles. The van der Waals surface area contributed by atoms with Crippen molar-refractivity contribution in [2.75, 3.05) is 25.0 Å². The number of carbonyl (C=O) groups excluding carboxylic acids is 1. The zero-order valence-corrected chi connectivity index (χ0v) is 11.2. The smallest absolute Gasteiger partial charge is 0.250 e. The van der Waals surface area contributed by atoms with Gasteiger partial charge in [-0.1, -0.05) is 23.2 Å². The molecule has 1 saturated heterocycles. The van der Waals surface area contributed by atoms with Gasteiger partial charge in [-0.25, -0.2) is 9.97 Å². The summed E-state index contributed by atoms with van der Waals surface area (Å²) in [6.07, 6.45) is 1.22. The number of ether oxygens (including phenoxy) is 1. The third-order valence-electron chi connectivity index (χ3n) is 2.57. The van der Waals surface area contributed by atoms with Gasteiger partial charge in [0.1, 0.15) is 18.6 Å². The van der Waals surface area contributed by atoms with Gasteiger partial charge in [0.05, 0.1) is 5.60 Å². The highest BCUT2D eigenvalue weighted by atomic mass is 35.5. The Morgan fingerprint density at radius 3 is 2.61 bits per heavy atom. The van der Waals surface area contributed by atoms with Crippen LogP contribution in [0.2, 0.25) is 10.3 Å². The maximum Gasteiger partial charge on any atom is 0.250 e. The van der Waals surface area contributed by atoms with E-state index in [-0.39, 0.29) is 34.1 Å². The summed E-state index contributed by atoms with van der Waals surface area (Å²) in [6.45, 7) is 3.33. The van der Waals surface area contributed by atoms with Crippen LogP contribution in [0.4, 0.5) is 5.69 Å². The van der Waals surface area contributed by atoms with Crippen LogP contribution in [0.5, 0.6) is 0 Å². The van der Waals surface area contributed by atoms with Gasteiger partial charge < -0.3 is 15.4 Å². The van der Waals surface area contributed by atoms with Crippen LogP contribution < -0.4 is 10.6 Å². The van der Waals surface area contributed by atoms with Crippen molar-refractivity contribution in [3.8, 4) is 0 Å². The molecule has 1 aliphatic heterocycles. The van der Waals surface area contributed by atoms with Gasteiger partial charge in [-0.15, -0.1) is 0 Å². The van der Waals surface area contributed by atoms with Crippen LogP contribution in [0.3, 0.4) is 0 Å². The maximum absolute atomic E-state index is 11.7. The number of carbonyl (C=O) groups is 1. The number of nitrogens with zero attached hydrogens (tertiary/aromatic N) is 2. The minimum atomic E-state index is -0.346. The lowest BCUT2D eigenvalue weighted by Gasteiger charge is -2.38. The molecular weight excluding hydrogens is 279 g/mol. The molecule has 0 spiro atoms. The number of aromatic nitrogens is 2. The number of halogens is 2. The number of amides is 1. The molecule has 0 radical (unpaired) electrons. The van der Waals surface area contributed by atoms with E-state index >= 15 is 0 Å². The van der Waals surface area contributed by atoms with Crippen molar-refractivity contribution in [3.63, 3.8) is 0 Å². The monoisotopic (exact) mass is 290 g/mol. The fourth-order valence-electron chi connectivity index (χ4n) is 1.44. The second-order valence-electron chi connectivity index (χ2n) is 4.22. The Bertz CT molecular complexity index is 445. The molecular formula is C10H12Cl2N4O2. The zero-order chi connectivity index (χ0) is 13.2. The molecule has 98 valence electrons. The third-order valence-corrected chi connectivity index (χ3v) is 3.14. The SMILES string of the molecule is CC1(OCC(=O)Nc2c(Cl)ncnc2Cl)CNC1. The van der Waals surface area contributed by atoms with Crippen LogP contribution in [-0.4, -0.2) is 41.2 Å². The van der Waals surface area contributed by atoms with Gasteiger partial charge in [-0.2, -0.15) is 0 Å². The summed E-state index contributed by atoms with van der Waals surface area (Å²) in [5, 5.41) is 5.79. The molecule has 0 atom stereocenters. The van der Waals surface area contributed by atoms with Crippen LogP contribution in [0.15, 0.2) is 6.33 Å². The molecule has 2 rings (SSSR count). The third kappa shape index (κ3) is 3.08. The second-order valence-corrected chi connectivity index (χ2v) is 4.94. The standard InChI is InChI=1S/C10H12Cl2N4O2/c1-10(3-13-4-10)18-2-6(17)16-7-8(11)14-5-15-9(7)12/h5,13H,2-4H2,1H3,(H,16,17). The van der Waals surface area contributed by atoms with Crippen LogP contribution in [0.25, 0.3) is 0 Å². The summed E-state index contributed by atoms with van der Waals surface area (Å²) in [7, 11) is 0. The maximum atomic E-state index is 11.7. The van der Waals surface area contributed by atoms with Crippen LogP contribution in [0.1, 0.15) is 6.92 Å². The van der Waals surface area contributed by atoms with Crippen molar-refractivity contribution in [3.05, 3.63) is 16.6 Å². The summed E-state index contributed by atoms with van der Waals surface area (Å²) in [5.74, 6) is -0.346. The molecule has 2 N–H and O–H groups in total. The Hall–Kier alpha value is -0.950. The first-order valence-electron chi connectivity index (χ1n) is 5.31. The fourth-order valence-corrected chi connectivity index (χ4v) is 1.85. The van der Waals surface area contributed by atoms with Gasteiger partial charge in [-0.05, 0) is 6.92 Å². The topological polar surface area (TPSA) is 76.1 Å². The quantitative estimate of drug-likeness (QED) is 0.812. The first-order valence-corrected chi connectivity index (χ1v) is 6.06. The average Bonchev–Trinajstić information content (AvgIpc) is 2.29. The molecule has 0 aliphatic carbocycles. The molecule has 0 unspecified atom stereocenters. The lowest BCUT2D eigenvalue weighted by molar-refractivity contribution is -0.130. The van der Waals surface area contributed by atoms with Crippen molar-refractivity contribution in [2.45, 2.75) is 12.5 Å². The van der Waals surface area contributed by atoms with E-state index in [1.807, 2.05) is 6.92 Å². The number of rotatable bonds is 4. The molecule has 1 aromatic rings. The highest BCUT2D eigenvalue weighted by Gasteiger charge is 2.33. The van der Waals surface area contributed by atoms with E-state index in [1.165, 1.54) is 6.33 Å². The number of hydrogen-bond acceptors (Lipinski definition) is 5. The lowest BCUT2D eigenvalue weighted by Crippen LogP contribution is -2.59. The van der Waals surface area contributed by atoms with Crippen LogP contribution in [-0.2, 0) is 9.53 Å². The van der Waals surface area contributed by atoms with E-state index in [1.54, 1.807) is 0 Å². The molecule has 1 amide bonds. The first kappa shape index (κ1) is 13.5. The van der Waals surface area contributed by atoms with Crippen molar-refractivity contribution in [1.29, 1.82) is 0 Å². The molecule has 8 heteroatoms. The predicted octanol–water partition coefficient (Wildman–Crippen LogP) is 1.10. The molecule has 1 aliphatic rings. The van der Waals surface area contributed by atoms with E-state index < -0.39 is 0 Å². The van der Waals surface area contributed by atoms with Gasteiger partial charge in [-0.3, -0.25) is 4.79 Å². The Labute approximate surface area is 114 Å². The highest BCUT2D eigenvalue weighted by molar-refractivity contribution is 6.38. The number of anilines is 1.